The molecule has 0 radical (unpaired) electrons. The van der Waals surface area contributed by atoms with Crippen LogP contribution in [-0.4, -0.2) is 70.6 Å². The van der Waals surface area contributed by atoms with Gasteiger partial charge >= 0.3 is 0 Å². The minimum Gasteiger partial charge on any atom is -0.497 e. The molecule has 2 aliphatic rings. The molecule has 2 aromatic carbocycles. The Morgan fingerprint density at radius 1 is 1.09 bits per heavy atom. The molecule has 168 valence electrons. The number of methoxy groups -OCH3 is 1. The van der Waals surface area contributed by atoms with Crippen LogP contribution in [0.4, 0.5) is 0 Å². The molecule has 7 nitrogen and oxygen atoms in total. The smallest absolute Gasteiger partial charge is 0.254 e. The monoisotopic (exact) mass is 443 g/mol. The first-order chi connectivity index (χ1) is 16.1. The molecular weight excluding hydrogens is 418 g/mol. The lowest BCUT2D eigenvalue weighted by atomic mass is 9.73. The summed E-state index contributed by atoms with van der Waals surface area (Å²) in [6.45, 7) is 0.351. The number of piperazine rings is 1. The average Bonchev–Trinajstić information content (AvgIpc) is 2.85. The largest absolute Gasteiger partial charge is 0.497 e. The number of hydrogen-bond acceptors (Lipinski definition) is 5. The van der Waals surface area contributed by atoms with Crippen molar-refractivity contribution in [1.29, 1.82) is 0 Å². The van der Waals surface area contributed by atoms with Gasteiger partial charge in [-0.05, 0) is 41.0 Å². The van der Waals surface area contributed by atoms with Crippen LogP contribution in [0.3, 0.4) is 0 Å². The summed E-state index contributed by atoms with van der Waals surface area (Å²) < 4.78 is 5.32. The zero-order valence-corrected chi connectivity index (χ0v) is 18.3. The summed E-state index contributed by atoms with van der Waals surface area (Å²) >= 11 is 0. The Hall–Kier alpha value is -3.71. The summed E-state index contributed by atoms with van der Waals surface area (Å²) in [4.78, 5) is 33.1. The maximum Gasteiger partial charge on any atom is 0.254 e. The van der Waals surface area contributed by atoms with E-state index in [1.807, 2.05) is 48.5 Å². The first-order valence-corrected chi connectivity index (χ1v) is 11.0. The van der Waals surface area contributed by atoms with Gasteiger partial charge in [0.1, 0.15) is 12.3 Å². The van der Waals surface area contributed by atoms with E-state index in [2.05, 4.69) is 4.98 Å². The van der Waals surface area contributed by atoms with E-state index >= 15 is 0 Å². The SMILES string of the molecule is COc1cccc(-c2ccc([C@@H]3[C@@H](CO)N4C(=O)CN(C(=O)c5ccncc5)C[C@@H]34)cc2)c1. The number of amides is 2. The van der Waals surface area contributed by atoms with Gasteiger partial charge in [-0.2, -0.15) is 0 Å². The number of aromatic nitrogens is 1. The summed E-state index contributed by atoms with van der Waals surface area (Å²) in [6.07, 6.45) is 3.15. The van der Waals surface area contributed by atoms with Crippen molar-refractivity contribution in [2.24, 2.45) is 0 Å². The Morgan fingerprint density at radius 2 is 1.85 bits per heavy atom. The second-order valence-electron chi connectivity index (χ2n) is 8.42. The quantitative estimate of drug-likeness (QED) is 0.655. The van der Waals surface area contributed by atoms with Crippen LogP contribution in [0.2, 0.25) is 0 Å². The molecule has 5 rings (SSSR count). The molecule has 0 unspecified atom stereocenters. The van der Waals surface area contributed by atoms with E-state index < -0.39 is 0 Å². The lowest BCUT2D eigenvalue weighted by molar-refractivity contribution is -0.159. The topological polar surface area (TPSA) is 83.0 Å². The molecule has 3 aromatic rings. The molecule has 33 heavy (non-hydrogen) atoms. The van der Waals surface area contributed by atoms with Crippen LogP contribution < -0.4 is 4.74 Å². The fourth-order valence-corrected chi connectivity index (χ4v) is 5.03. The standard InChI is InChI=1S/C26H25N3O4/c1-33-21-4-2-3-20(13-21)17-5-7-18(8-6-17)25-22-14-28(15-24(31)29(22)23(25)16-30)26(32)19-9-11-27-12-10-19/h2-13,22-23,25,30H,14-16H2,1H3/t22-,23+,25-/m0/s1. The predicted octanol–water partition coefficient (Wildman–Crippen LogP) is 2.57. The Labute approximate surface area is 192 Å². The minimum atomic E-state index is -0.275. The number of aliphatic hydroxyl groups is 1. The fourth-order valence-electron chi connectivity index (χ4n) is 5.03. The van der Waals surface area contributed by atoms with Crippen molar-refractivity contribution in [3.8, 4) is 16.9 Å². The van der Waals surface area contributed by atoms with Crippen LogP contribution in [0.25, 0.3) is 11.1 Å². The van der Waals surface area contributed by atoms with E-state index in [0.717, 1.165) is 22.4 Å². The number of benzene rings is 2. The van der Waals surface area contributed by atoms with Crippen LogP contribution in [0.5, 0.6) is 5.75 Å². The molecule has 0 aliphatic carbocycles. The molecule has 2 amide bonds. The summed E-state index contributed by atoms with van der Waals surface area (Å²) in [5.41, 5.74) is 3.68. The van der Waals surface area contributed by atoms with Gasteiger partial charge in [0.25, 0.3) is 5.91 Å². The third kappa shape index (κ3) is 3.74. The second-order valence-corrected chi connectivity index (χ2v) is 8.42. The van der Waals surface area contributed by atoms with Crippen molar-refractivity contribution in [1.82, 2.24) is 14.8 Å². The number of rotatable bonds is 5. The van der Waals surface area contributed by atoms with E-state index in [9.17, 15) is 14.7 Å². The summed E-state index contributed by atoms with van der Waals surface area (Å²) in [7, 11) is 1.65. The van der Waals surface area contributed by atoms with E-state index in [-0.39, 0.29) is 43.0 Å². The number of carbonyl (C=O) groups is 2. The minimum absolute atomic E-state index is 0.0235. The highest BCUT2D eigenvalue weighted by molar-refractivity contribution is 5.97. The highest BCUT2D eigenvalue weighted by Crippen LogP contribution is 2.43. The van der Waals surface area contributed by atoms with Crippen molar-refractivity contribution in [3.05, 3.63) is 84.2 Å². The van der Waals surface area contributed by atoms with Crippen LogP contribution >= 0.6 is 0 Å². The van der Waals surface area contributed by atoms with Gasteiger partial charge in [-0.3, -0.25) is 14.6 Å². The number of fused-ring (bicyclic) bond motifs is 1. The summed E-state index contributed by atoms with van der Waals surface area (Å²) in [6, 6.07) is 19.0. The van der Waals surface area contributed by atoms with E-state index in [0.29, 0.717) is 12.1 Å². The zero-order chi connectivity index (χ0) is 22.9. The maximum absolute atomic E-state index is 12.9. The third-order valence-corrected chi connectivity index (χ3v) is 6.67. The van der Waals surface area contributed by atoms with Gasteiger partial charge in [-0.1, -0.05) is 36.4 Å². The van der Waals surface area contributed by atoms with Gasteiger partial charge in [0.15, 0.2) is 0 Å². The van der Waals surface area contributed by atoms with Gasteiger partial charge < -0.3 is 19.6 Å². The molecule has 3 heterocycles. The van der Waals surface area contributed by atoms with Crippen molar-refractivity contribution >= 4 is 11.8 Å². The Kier molecular flexibility index (Phi) is 5.56. The Balaban J connectivity index is 1.38. The number of aliphatic hydroxyl groups excluding tert-OH is 1. The van der Waals surface area contributed by atoms with Gasteiger partial charge in [0.05, 0.1) is 25.8 Å². The molecule has 2 aliphatic heterocycles. The number of ether oxygens (including phenoxy) is 1. The van der Waals surface area contributed by atoms with E-state index in [1.54, 1.807) is 41.4 Å². The maximum atomic E-state index is 12.9. The van der Waals surface area contributed by atoms with Gasteiger partial charge in [0, 0.05) is 30.4 Å². The molecule has 0 saturated carbocycles. The summed E-state index contributed by atoms with van der Waals surface area (Å²) in [5.74, 6) is 0.458. The lowest BCUT2D eigenvalue weighted by Crippen LogP contribution is -2.73. The first-order valence-electron chi connectivity index (χ1n) is 11.0. The van der Waals surface area contributed by atoms with Gasteiger partial charge in [0.2, 0.25) is 5.91 Å². The second kappa shape index (κ2) is 8.67. The molecule has 0 bridgehead atoms. The number of hydrogen-bond donors (Lipinski definition) is 1. The van der Waals surface area contributed by atoms with Crippen molar-refractivity contribution < 1.29 is 19.4 Å². The van der Waals surface area contributed by atoms with Crippen molar-refractivity contribution in [3.63, 3.8) is 0 Å². The predicted molar refractivity (Wildman–Crippen MR) is 123 cm³/mol. The number of pyridine rings is 1. The first kappa shape index (κ1) is 21.2. The Bertz CT molecular complexity index is 1170. The molecule has 7 heteroatoms. The van der Waals surface area contributed by atoms with E-state index in [1.165, 1.54) is 0 Å². The highest BCUT2D eigenvalue weighted by atomic mass is 16.5. The molecule has 3 atom stereocenters. The van der Waals surface area contributed by atoms with E-state index in [4.69, 9.17) is 4.74 Å². The van der Waals surface area contributed by atoms with Crippen LogP contribution in [0.1, 0.15) is 21.8 Å². The molecule has 1 N–H and O–H groups in total. The highest BCUT2D eigenvalue weighted by Gasteiger charge is 2.54. The normalized spacial score (nSPS) is 21.9. The van der Waals surface area contributed by atoms with Crippen LogP contribution in [0, 0.1) is 0 Å². The number of carbonyl (C=O) groups excluding carboxylic acids is 2. The molecule has 0 spiro atoms. The fraction of sp³-hybridized carbons (Fsp3) is 0.269. The number of nitrogens with zero attached hydrogens (tertiary/aromatic N) is 3. The zero-order valence-electron chi connectivity index (χ0n) is 18.3. The van der Waals surface area contributed by atoms with Crippen molar-refractivity contribution in [2.75, 3.05) is 26.8 Å². The lowest BCUT2D eigenvalue weighted by Gasteiger charge is -2.58. The van der Waals surface area contributed by atoms with Crippen LogP contribution in [-0.2, 0) is 4.79 Å². The molecule has 2 fully saturated rings. The molecule has 2 saturated heterocycles. The Morgan fingerprint density at radius 3 is 2.55 bits per heavy atom. The summed E-state index contributed by atoms with van der Waals surface area (Å²) in [5, 5.41) is 10.0. The molecular formula is C26H25N3O4. The van der Waals surface area contributed by atoms with Crippen LogP contribution in [0.15, 0.2) is 73.1 Å². The molecule has 1 aromatic heterocycles. The van der Waals surface area contributed by atoms with Gasteiger partial charge in [-0.15, -0.1) is 0 Å². The average molecular weight is 444 g/mol. The van der Waals surface area contributed by atoms with Crippen molar-refractivity contribution in [2.45, 2.75) is 18.0 Å². The third-order valence-electron chi connectivity index (χ3n) is 6.67. The van der Waals surface area contributed by atoms with Gasteiger partial charge in [-0.25, -0.2) is 0 Å².